The highest BCUT2D eigenvalue weighted by Gasteiger charge is 2.15. The van der Waals surface area contributed by atoms with Crippen LogP contribution in [0, 0.1) is 24.1 Å². The summed E-state index contributed by atoms with van der Waals surface area (Å²) in [6.07, 6.45) is 11.4. The molecule has 0 radical (unpaired) electrons. The Morgan fingerprint density at radius 1 is 1.32 bits per heavy atom. The zero-order chi connectivity index (χ0) is 24.9. The number of benzene rings is 1. The first-order chi connectivity index (χ1) is 16.4. The van der Waals surface area contributed by atoms with Crippen LogP contribution in [0.25, 0.3) is 16.9 Å². The van der Waals surface area contributed by atoms with E-state index in [0.717, 1.165) is 19.3 Å². The average molecular weight is 485 g/mol. The van der Waals surface area contributed by atoms with E-state index in [1.165, 1.54) is 54.4 Å². The first-order valence-corrected chi connectivity index (χ1v) is 10.9. The van der Waals surface area contributed by atoms with E-state index in [0.29, 0.717) is 5.69 Å². The van der Waals surface area contributed by atoms with E-state index in [1.54, 1.807) is 26.3 Å². The quantitative estimate of drug-likeness (QED) is 0.547. The first kappa shape index (κ1) is 26.6. The topological polar surface area (TPSA) is 119 Å². The third kappa shape index (κ3) is 7.20. The van der Waals surface area contributed by atoms with Crippen molar-refractivity contribution in [2.75, 3.05) is 20.3 Å². The average Bonchev–Trinajstić information content (AvgIpc) is 2.87. The summed E-state index contributed by atoms with van der Waals surface area (Å²) in [4.78, 5) is 24.1. The molecule has 0 bridgehead atoms. The summed E-state index contributed by atoms with van der Waals surface area (Å²) in [6, 6.07) is 5.89. The van der Waals surface area contributed by atoms with Gasteiger partial charge in [0.2, 0.25) is 0 Å². The second-order valence-corrected chi connectivity index (χ2v) is 7.44. The second-order valence-electron chi connectivity index (χ2n) is 7.06. The van der Waals surface area contributed by atoms with Crippen LogP contribution in [0.3, 0.4) is 0 Å². The van der Waals surface area contributed by atoms with Crippen molar-refractivity contribution in [2.45, 2.75) is 26.2 Å². The summed E-state index contributed by atoms with van der Waals surface area (Å²) >= 11 is 5.90. The monoisotopic (exact) mass is 484 g/mol. The van der Waals surface area contributed by atoms with Crippen LogP contribution in [0.4, 0.5) is 4.39 Å². The van der Waals surface area contributed by atoms with Crippen LogP contribution in [0.5, 0.6) is 0 Å². The molecular weight excluding hydrogens is 459 g/mol. The number of nitriles is 1. The SMILES string of the molecule is C1CCOCC1.CN=C/C=C\N.Cc1nc2c(-c3ccc(C#N)cc3F)nccn2c(=O)c1Cl. The molecule has 8 nitrogen and oxygen atoms in total. The summed E-state index contributed by atoms with van der Waals surface area (Å²) in [7, 11) is 1.69. The van der Waals surface area contributed by atoms with Gasteiger partial charge in [-0.25, -0.2) is 9.37 Å². The molecule has 0 unspecified atom stereocenters. The standard InChI is InChI=1S/C15H8ClFN4O.C5H10O.C4H8N2/c1-8-12(16)15(22)21-5-4-19-13(14(21)20-8)10-3-2-9(7-18)6-11(10)17;1-2-4-6-5-3-1;1-6-4-2-3-5/h2-6H,1H3;1-5H2;2-4H,5H2,1H3/b;;3-2-,6-4?. The molecule has 0 spiro atoms. The fourth-order valence-electron chi connectivity index (χ4n) is 2.95. The highest BCUT2D eigenvalue weighted by Crippen LogP contribution is 2.25. The molecular formula is C24H26ClFN6O2. The molecule has 1 aliphatic heterocycles. The normalized spacial score (nSPS) is 13.1. The van der Waals surface area contributed by atoms with Crippen molar-refractivity contribution in [3.8, 4) is 17.3 Å². The number of aromatic nitrogens is 3. The highest BCUT2D eigenvalue weighted by atomic mass is 35.5. The Balaban J connectivity index is 0.000000279. The maximum atomic E-state index is 14.2. The largest absolute Gasteiger partial charge is 0.405 e. The van der Waals surface area contributed by atoms with E-state index < -0.39 is 11.4 Å². The number of halogens is 2. The minimum atomic E-state index is -0.610. The summed E-state index contributed by atoms with van der Waals surface area (Å²) in [5, 5.41) is 8.80. The van der Waals surface area contributed by atoms with Gasteiger partial charge in [-0.2, -0.15) is 5.26 Å². The van der Waals surface area contributed by atoms with Crippen molar-refractivity contribution in [1.82, 2.24) is 14.4 Å². The van der Waals surface area contributed by atoms with Gasteiger partial charge < -0.3 is 10.5 Å². The van der Waals surface area contributed by atoms with Crippen molar-refractivity contribution in [3.05, 3.63) is 75.3 Å². The summed E-state index contributed by atoms with van der Waals surface area (Å²) in [5.41, 5.74) is 5.62. The van der Waals surface area contributed by atoms with Crippen LogP contribution >= 0.6 is 11.6 Å². The van der Waals surface area contributed by atoms with Gasteiger partial charge in [-0.1, -0.05) is 11.6 Å². The predicted octanol–water partition coefficient (Wildman–Crippen LogP) is 4.08. The lowest BCUT2D eigenvalue weighted by atomic mass is 10.1. The molecule has 178 valence electrons. The number of hydrogen-bond donors (Lipinski definition) is 1. The molecule has 1 aromatic carbocycles. The highest BCUT2D eigenvalue weighted by molar-refractivity contribution is 6.31. The van der Waals surface area contributed by atoms with Crippen LogP contribution in [0.1, 0.15) is 30.5 Å². The van der Waals surface area contributed by atoms with E-state index in [9.17, 15) is 9.18 Å². The van der Waals surface area contributed by atoms with Crippen LogP contribution in [-0.2, 0) is 4.74 Å². The molecule has 1 aliphatic rings. The molecule has 1 saturated heterocycles. The second kappa shape index (κ2) is 13.8. The zero-order valence-corrected chi connectivity index (χ0v) is 19.8. The Hall–Kier alpha value is -3.61. The van der Waals surface area contributed by atoms with E-state index in [1.807, 2.05) is 6.07 Å². The summed E-state index contributed by atoms with van der Waals surface area (Å²) in [6.45, 7) is 3.59. The Bertz CT molecular complexity index is 1240. The third-order valence-electron chi connectivity index (χ3n) is 4.63. The Labute approximate surface area is 202 Å². The number of rotatable bonds is 2. The molecule has 34 heavy (non-hydrogen) atoms. The van der Waals surface area contributed by atoms with Gasteiger partial charge in [0, 0.05) is 44.4 Å². The number of ether oxygens (including phenoxy) is 1. The Morgan fingerprint density at radius 3 is 2.56 bits per heavy atom. The van der Waals surface area contributed by atoms with Crippen molar-refractivity contribution in [3.63, 3.8) is 0 Å². The van der Waals surface area contributed by atoms with Gasteiger partial charge in [-0.15, -0.1) is 0 Å². The van der Waals surface area contributed by atoms with Gasteiger partial charge in [0.1, 0.15) is 16.5 Å². The minimum Gasteiger partial charge on any atom is -0.405 e. The first-order valence-electron chi connectivity index (χ1n) is 10.5. The number of aryl methyl sites for hydroxylation is 1. The molecule has 1 fully saturated rings. The maximum Gasteiger partial charge on any atom is 0.277 e. The molecule has 3 heterocycles. The fraction of sp³-hybridized carbons (Fsp3) is 0.292. The van der Waals surface area contributed by atoms with E-state index in [-0.39, 0.29) is 27.5 Å². The van der Waals surface area contributed by atoms with E-state index in [2.05, 4.69) is 15.0 Å². The number of allylic oxidation sites excluding steroid dienone is 1. The Morgan fingerprint density at radius 2 is 2.06 bits per heavy atom. The predicted molar refractivity (Wildman–Crippen MR) is 132 cm³/mol. The summed E-state index contributed by atoms with van der Waals surface area (Å²) in [5.74, 6) is -0.610. The molecule has 2 N–H and O–H groups in total. The minimum absolute atomic E-state index is 0.00921. The number of fused-ring (bicyclic) bond motifs is 1. The number of nitrogens with two attached hydrogens (primary N) is 1. The molecule has 3 aromatic rings. The number of aliphatic imine (C=N–C) groups is 1. The van der Waals surface area contributed by atoms with Crippen LogP contribution < -0.4 is 11.3 Å². The number of nitrogens with zero attached hydrogens (tertiary/aromatic N) is 5. The molecule has 4 rings (SSSR count). The van der Waals surface area contributed by atoms with Gasteiger partial charge in [-0.3, -0.25) is 19.2 Å². The van der Waals surface area contributed by atoms with Gasteiger partial charge in [0.05, 0.1) is 17.3 Å². The van der Waals surface area contributed by atoms with Gasteiger partial charge in [0.15, 0.2) is 5.65 Å². The smallest absolute Gasteiger partial charge is 0.277 e. The van der Waals surface area contributed by atoms with Crippen molar-refractivity contribution in [1.29, 1.82) is 5.26 Å². The molecule has 0 saturated carbocycles. The van der Waals surface area contributed by atoms with Crippen molar-refractivity contribution >= 4 is 23.5 Å². The zero-order valence-electron chi connectivity index (χ0n) is 19.0. The van der Waals surface area contributed by atoms with Crippen molar-refractivity contribution < 1.29 is 9.13 Å². The van der Waals surface area contributed by atoms with Crippen molar-refractivity contribution in [2.24, 2.45) is 10.7 Å². The lowest BCUT2D eigenvalue weighted by Gasteiger charge is -2.08. The van der Waals surface area contributed by atoms with Gasteiger partial charge >= 0.3 is 0 Å². The Kier molecular flexibility index (Phi) is 10.8. The molecule has 2 aromatic heterocycles. The maximum absolute atomic E-state index is 14.2. The molecule has 0 aliphatic carbocycles. The molecule has 0 amide bonds. The van der Waals surface area contributed by atoms with E-state index >= 15 is 0 Å². The van der Waals surface area contributed by atoms with E-state index in [4.69, 9.17) is 27.3 Å². The summed E-state index contributed by atoms with van der Waals surface area (Å²) < 4.78 is 20.5. The van der Waals surface area contributed by atoms with Gasteiger partial charge in [0.25, 0.3) is 5.56 Å². The molecule has 10 heteroatoms. The van der Waals surface area contributed by atoms with Crippen LogP contribution in [0.15, 0.2) is 52.7 Å². The van der Waals surface area contributed by atoms with Crippen LogP contribution in [0.2, 0.25) is 5.02 Å². The number of hydrogen-bond acceptors (Lipinski definition) is 7. The molecule has 0 atom stereocenters. The lowest BCUT2D eigenvalue weighted by Crippen LogP contribution is -2.17. The fourth-order valence-corrected chi connectivity index (χ4v) is 3.08. The van der Waals surface area contributed by atoms with Crippen LogP contribution in [-0.4, -0.2) is 40.8 Å². The van der Waals surface area contributed by atoms with Gasteiger partial charge in [-0.05, 0) is 56.7 Å². The third-order valence-corrected chi connectivity index (χ3v) is 5.07. The lowest BCUT2D eigenvalue weighted by molar-refractivity contribution is 0.0968.